The van der Waals surface area contributed by atoms with Crippen molar-refractivity contribution in [3.05, 3.63) is 65.7 Å². The van der Waals surface area contributed by atoms with Gasteiger partial charge in [-0.3, -0.25) is 4.79 Å². The molecule has 1 amide bonds. The Morgan fingerprint density at radius 1 is 1.04 bits per heavy atom. The van der Waals surface area contributed by atoms with Crippen molar-refractivity contribution in [1.29, 1.82) is 0 Å². The molecule has 138 valence electrons. The van der Waals surface area contributed by atoms with Crippen LogP contribution in [0.5, 0.6) is 0 Å². The molecule has 0 atom stereocenters. The lowest BCUT2D eigenvalue weighted by atomic mass is 10.2. The van der Waals surface area contributed by atoms with Crippen molar-refractivity contribution in [2.24, 2.45) is 0 Å². The average Bonchev–Trinajstić information content (AvgIpc) is 2.96. The third-order valence-corrected chi connectivity index (χ3v) is 5.73. The molecule has 1 aliphatic rings. The van der Waals surface area contributed by atoms with Crippen molar-refractivity contribution in [2.45, 2.75) is 17.9 Å². The average molecular weight is 373 g/mol. The lowest BCUT2D eigenvalue weighted by Gasteiger charge is -2.20. The van der Waals surface area contributed by atoms with Crippen LogP contribution in [0.2, 0.25) is 0 Å². The highest BCUT2D eigenvalue weighted by Gasteiger charge is 2.20. The van der Waals surface area contributed by atoms with Gasteiger partial charge >= 0.3 is 0 Å². The summed E-state index contributed by atoms with van der Waals surface area (Å²) in [6.07, 6.45) is 0.891. The van der Waals surface area contributed by atoms with E-state index in [0.29, 0.717) is 18.7 Å². The first-order chi connectivity index (χ1) is 12.6. The largest absolute Gasteiger partial charge is 0.337 e. The summed E-state index contributed by atoms with van der Waals surface area (Å²) in [7, 11) is -3.69. The predicted molar refractivity (Wildman–Crippen MR) is 100 cm³/mol. The van der Waals surface area contributed by atoms with Crippen molar-refractivity contribution < 1.29 is 13.2 Å². The number of sulfonamides is 1. The molecule has 0 unspecified atom stereocenters. The fourth-order valence-electron chi connectivity index (χ4n) is 2.89. The number of amides is 1. The third kappa shape index (κ3) is 4.69. The summed E-state index contributed by atoms with van der Waals surface area (Å²) < 4.78 is 27.7. The Hall–Kier alpha value is -2.22. The second-order valence-corrected chi connectivity index (χ2v) is 8.00. The molecule has 0 aliphatic carbocycles. The first-order valence-corrected chi connectivity index (χ1v) is 10.2. The van der Waals surface area contributed by atoms with Gasteiger partial charge in [0.2, 0.25) is 10.0 Å². The zero-order valence-corrected chi connectivity index (χ0v) is 15.3. The molecule has 0 saturated carbocycles. The molecule has 0 spiro atoms. The molecular formula is C19H23N3O3S. The summed E-state index contributed by atoms with van der Waals surface area (Å²) in [6.45, 7) is 3.15. The van der Waals surface area contributed by atoms with Crippen LogP contribution >= 0.6 is 0 Å². The van der Waals surface area contributed by atoms with Gasteiger partial charge in [0, 0.05) is 31.7 Å². The normalized spacial score (nSPS) is 15.5. The van der Waals surface area contributed by atoms with Crippen molar-refractivity contribution in [3.63, 3.8) is 0 Å². The molecule has 1 heterocycles. The highest BCUT2D eigenvalue weighted by molar-refractivity contribution is 7.89. The van der Waals surface area contributed by atoms with Crippen LogP contribution in [-0.4, -0.2) is 45.4 Å². The summed E-state index contributed by atoms with van der Waals surface area (Å²) in [6, 6.07) is 15.5. The van der Waals surface area contributed by atoms with E-state index in [4.69, 9.17) is 0 Å². The molecule has 1 saturated heterocycles. The number of rotatable bonds is 5. The van der Waals surface area contributed by atoms with Gasteiger partial charge in [-0.15, -0.1) is 0 Å². The van der Waals surface area contributed by atoms with Crippen LogP contribution in [0.4, 0.5) is 0 Å². The van der Waals surface area contributed by atoms with Gasteiger partial charge in [-0.1, -0.05) is 36.4 Å². The van der Waals surface area contributed by atoms with Crippen LogP contribution < -0.4 is 10.0 Å². The monoisotopic (exact) mass is 373 g/mol. The Bertz CT molecular complexity index is 845. The number of nitrogens with zero attached hydrogens (tertiary/aromatic N) is 1. The molecule has 2 aromatic carbocycles. The SMILES string of the molecule is O=C(c1cccc(S(=O)(=O)NCc2ccccc2)c1)N1CCCNCC1. The molecule has 7 heteroatoms. The van der Waals surface area contributed by atoms with Crippen LogP contribution in [0.3, 0.4) is 0 Å². The van der Waals surface area contributed by atoms with Gasteiger partial charge in [-0.25, -0.2) is 13.1 Å². The van der Waals surface area contributed by atoms with Crippen LogP contribution in [0.25, 0.3) is 0 Å². The van der Waals surface area contributed by atoms with Crippen molar-refractivity contribution in [2.75, 3.05) is 26.2 Å². The highest BCUT2D eigenvalue weighted by atomic mass is 32.2. The Morgan fingerprint density at radius 3 is 2.65 bits per heavy atom. The fraction of sp³-hybridized carbons (Fsp3) is 0.316. The van der Waals surface area contributed by atoms with Gasteiger partial charge in [0.15, 0.2) is 0 Å². The maximum Gasteiger partial charge on any atom is 0.253 e. The Labute approximate surface area is 154 Å². The zero-order chi connectivity index (χ0) is 18.4. The van der Waals surface area contributed by atoms with E-state index >= 15 is 0 Å². The number of hydrogen-bond acceptors (Lipinski definition) is 4. The molecular weight excluding hydrogens is 350 g/mol. The standard InChI is InChI=1S/C19H23N3O3S/c23-19(22-12-5-10-20-11-13-22)17-8-4-9-18(14-17)26(24,25)21-15-16-6-2-1-3-7-16/h1-4,6-9,14,20-21H,5,10-13,15H2. The summed E-state index contributed by atoms with van der Waals surface area (Å²) in [5.74, 6) is -0.131. The molecule has 1 fully saturated rings. The molecule has 26 heavy (non-hydrogen) atoms. The Balaban J connectivity index is 1.74. The van der Waals surface area contributed by atoms with E-state index < -0.39 is 10.0 Å². The second kappa shape index (κ2) is 8.44. The van der Waals surface area contributed by atoms with Gasteiger partial charge in [0.1, 0.15) is 0 Å². The first kappa shape index (κ1) is 18.6. The van der Waals surface area contributed by atoms with Crippen LogP contribution in [0.1, 0.15) is 22.3 Å². The first-order valence-electron chi connectivity index (χ1n) is 8.70. The van der Waals surface area contributed by atoms with Gasteiger partial charge in [0.05, 0.1) is 4.90 Å². The summed E-state index contributed by atoms with van der Waals surface area (Å²) >= 11 is 0. The van der Waals surface area contributed by atoms with Crippen LogP contribution in [-0.2, 0) is 16.6 Å². The number of carbonyl (C=O) groups is 1. The molecule has 6 nitrogen and oxygen atoms in total. The highest BCUT2D eigenvalue weighted by Crippen LogP contribution is 2.14. The second-order valence-electron chi connectivity index (χ2n) is 6.23. The smallest absolute Gasteiger partial charge is 0.253 e. The Morgan fingerprint density at radius 2 is 1.85 bits per heavy atom. The van der Waals surface area contributed by atoms with Crippen LogP contribution in [0.15, 0.2) is 59.5 Å². The molecule has 2 aromatic rings. The minimum Gasteiger partial charge on any atom is -0.337 e. The number of nitrogens with one attached hydrogen (secondary N) is 2. The summed E-state index contributed by atoms with van der Waals surface area (Å²) in [4.78, 5) is 14.6. The van der Waals surface area contributed by atoms with Gasteiger partial charge < -0.3 is 10.2 Å². The molecule has 1 aliphatic heterocycles. The lowest BCUT2D eigenvalue weighted by molar-refractivity contribution is 0.0766. The van der Waals surface area contributed by atoms with E-state index in [0.717, 1.165) is 25.1 Å². The van der Waals surface area contributed by atoms with E-state index in [1.54, 1.807) is 17.0 Å². The Kier molecular flexibility index (Phi) is 6.03. The van der Waals surface area contributed by atoms with Crippen molar-refractivity contribution in [1.82, 2.24) is 14.9 Å². The van der Waals surface area contributed by atoms with Gasteiger partial charge in [-0.05, 0) is 36.7 Å². The molecule has 0 bridgehead atoms. The van der Waals surface area contributed by atoms with Crippen molar-refractivity contribution >= 4 is 15.9 Å². The molecule has 3 rings (SSSR count). The fourth-order valence-corrected chi connectivity index (χ4v) is 3.95. The lowest BCUT2D eigenvalue weighted by Crippen LogP contribution is -2.34. The van der Waals surface area contributed by atoms with E-state index in [-0.39, 0.29) is 17.3 Å². The minimum atomic E-state index is -3.69. The van der Waals surface area contributed by atoms with Gasteiger partial charge in [-0.2, -0.15) is 0 Å². The minimum absolute atomic E-state index is 0.104. The molecule has 2 N–H and O–H groups in total. The van der Waals surface area contributed by atoms with E-state index in [2.05, 4.69) is 10.0 Å². The van der Waals surface area contributed by atoms with E-state index in [1.807, 2.05) is 30.3 Å². The third-order valence-electron chi connectivity index (χ3n) is 4.33. The maximum atomic E-state index is 12.7. The maximum absolute atomic E-state index is 12.7. The number of benzene rings is 2. The van der Waals surface area contributed by atoms with E-state index in [1.165, 1.54) is 12.1 Å². The molecule has 0 aromatic heterocycles. The van der Waals surface area contributed by atoms with Gasteiger partial charge in [0.25, 0.3) is 5.91 Å². The number of hydrogen-bond donors (Lipinski definition) is 2. The quantitative estimate of drug-likeness (QED) is 0.835. The predicted octanol–water partition coefficient (Wildman–Crippen LogP) is 1.60. The topological polar surface area (TPSA) is 78.5 Å². The van der Waals surface area contributed by atoms with Crippen molar-refractivity contribution in [3.8, 4) is 0 Å². The molecule has 0 radical (unpaired) electrons. The summed E-state index contributed by atoms with van der Waals surface area (Å²) in [5, 5.41) is 3.25. The summed E-state index contributed by atoms with van der Waals surface area (Å²) in [5.41, 5.74) is 1.27. The van der Waals surface area contributed by atoms with E-state index in [9.17, 15) is 13.2 Å². The van der Waals surface area contributed by atoms with Crippen LogP contribution in [0, 0.1) is 0 Å². The zero-order valence-electron chi connectivity index (χ0n) is 14.5. The number of carbonyl (C=O) groups excluding carboxylic acids is 1.